The number of piperazine rings is 1. The second kappa shape index (κ2) is 14.3. The Hall–Kier alpha value is -3.91. The van der Waals surface area contributed by atoms with Gasteiger partial charge in [-0.05, 0) is 77.2 Å². The third-order valence-corrected chi connectivity index (χ3v) is 12.1. The lowest BCUT2D eigenvalue weighted by molar-refractivity contribution is -0.137. The highest BCUT2D eigenvalue weighted by molar-refractivity contribution is 7.89. The van der Waals surface area contributed by atoms with Gasteiger partial charge in [-0.15, -0.1) is 0 Å². The summed E-state index contributed by atoms with van der Waals surface area (Å²) in [6, 6.07) is 25.0. The first kappa shape index (κ1) is 35.4. The summed E-state index contributed by atoms with van der Waals surface area (Å²) in [5.74, 6) is 0.971. The predicted octanol–water partition coefficient (Wildman–Crippen LogP) is 6.74. The van der Waals surface area contributed by atoms with Crippen LogP contribution in [0.15, 0.2) is 107 Å². The molecule has 0 bridgehead atoms. The smallest absolute Gasteiger partial charge is 0.416 e. The number of sulfonamides is 2. The molecule has 0 saturated carbocycles. The number of anilines is 1. The van der Waals surface area contributed by atoms with Crippen LogP contribution < -0.4 is 9.64 Å². The van der Waals surface area contributed by atoms with Gasteiger partial charge in [-0.25, -0.2) is 16.8 Å². The third kappa shape index (κ3) is 8.03. The summed E-state index contributed by atoms with van der Waals surface area (Å²) in [4.78, 5) is 1.59. The first-order valence-corrected chi connectivity index (χ1v) is 18.3. The van der Waals surface area contributed by atoms with Crippen LogP contribution in [-0.4, -0.2) is 58.7 Å². The predicted molar refractivity (Wildman–Crippen MR) is 179 cm³/mol. The summed E-state index contributed by atoms with van der Waals surface area (Å²) < 4.78 is 103. The highest BCUT2D eigenvalue weighted by atomic mass is 32.2. The van der Waals surface area contributed by atoms with E-state index in [1.807, 2.05) is 24.3 Å². The number of rotatable bonds is 11. The van der Waals surface area contributed by atoms with E-state index in [9.17, 15) is 30.0 Å². The Balaban J connectivity index is 1.33. The number of hydrogen-bond acceptors (Lipinski definition) is 6. The van der Waals surface area contributed by atoms with E-state index in [2.05, 4.69) is 13.8 Å². The molecule has 0 spiro atoms. The van der Waals surface area contributed by atoms with Gasteiger partial charge in [0.1, 0.15) is 5.75 Å². The van der Waals surface area contributed by atoms with Crippen LogP contribution in [0.3, 0.4) is 0 Å². The van der Waals surface area contributed by atoms with Crippen molar-refractivity contribution in [3.63, 3.8) is 0 Å². The summed E-state index contributed by atoms with van der Waals surface area (Å²) in [7, 11) is -6.51. The van der Waals surface area contributed by atoms with Crippen LogP contribution >= 0.6 is 0 Å². The average Bonchev–Trinajstić information content (AvgIpc) is 3.08. The van der Waals surface area contributed by atoms with E-state index < -0.39 is 31.8 Å². The minimum atomic E-state index is -4.48. The van der Waals surface area contributed by atoms with Gasteiger partial charge in [-0.3, -0.25) is 0 Å². The Morgan fingerprint density at radius 3 is 1.81 bits per heavy atom. The zero-order chi connectivity index (χ0) is 34.7. The molecule has 1 aliphatic rings. The molecule has 0 unspecified atom stereocenters. The molecule has 0 amide bonds. The van der Waals surface area contributed by atoms with Gasteiger partial charge in [-0.2, -0.15) is 21.8 Å². The molecule has 1 aliphatic heterocycles. The second-order valence-corrected chi connectivity index (χ2v) is 15.8. The van der Waals surface area contributed by atoms with Gasteiger partial charge in [-0.1, -0.05) is 56.3 Å². The van der Waals surface area contributed by atoms with Crippen LogP contribution in [0.5, 0.6) is 5.75 Å². The highest BCUT2D eigenvalue weighted by Crippen LogP contribution is 2.32. The summed E-state index contributed by atoms with van der Waals surface area (Å²) in [5, 5.41) is 0. The van der Waals surface area contributed by atoms with Gasteiger partial charge in [0.25, 0.3) is 0 Å². The third-order valence-electron chi connectivity index (χ3n) is 8.40. The largest absolute Gasteiger partial charge is 0.497 e. The molecule has 0 atom stereocenters. The molecule has 4 aromatic carbocycles. The first-order valence-electron chi connectivity index (χ1n) is 15.4. The van der Waals surface area contributed by atoms with E-state index in [0.717, 1.165) is 28.8 Å². The van der Waals surface area contributed by atoms with Crippen molar-refractivity contribution in [2.45, 2.75) is 48.8 Å². The number of halogens is 3. The van der Waals surface area contributed by atoms with Crippen LogP contribution in [0, 0.1) is 0 Å². The number of nitrogens with zero attached hydrogens (tertiary/aromatic N) is 3. The minimum Gasteiger partial charge on any atom is -0.497 e. The van der Waals surface area contributed by atoms with Crippen LogP contribution in [0.2, 0.25) is 0 Å². The van der Waals surface area contributed by atoms with Crippen molar-refractivity contribution in [1.29, 1.82) is 0 Å². The van der Waals surface area contributed by atoms with Crippen molar-refractivity contribution in [3.05, 3.63) is 119 Å². The second-order valence-electron chi connectivity index (χ2n) is 11.9. The minimum absolute atomic E-state index is 0.0527. The van der Waals surface area contributed by atoms with Crippen LogP contribution in [-0.2, 0) is 39.3 Å². The van der Waals surface area contributed by atoms with Gasteiger partial charge >= 0.3 is 6.18 Å². The average molecular weight is 702 g/mol. The molecule has 8 nitrogen and oxygen atoms in total. The molecule has 256 valence electrons. The maximum absolute atomic E-state index is 14.0. The van der Waals surface area contributed by atoms with Gasteiger partial charge in [0.15, 0.2) is 0 Å². The molecule has 4 aromatic rings. The monoisotopic (exact) mass is 701 g/mol. The molecule has 1 fully saturated rings. The summed E-state index contributed by atoms with van der Waals surface area (Å²) >= 11 is 0. The zero-order valence-corrected chi connectivity index (χ0v) is 28.5. The Morgan fingerprint density at radius 1 is 0.750 bits per heavy atom. The Kier molecular flexibility index (Phi) is 10.5. The van der Waals surface area contributed by atoms with Crippen molar-refractivity contribution in [3.8, 4) is 5.75 Å². The van der Waals surface area contributed by atoms with E-state index in [4.69, 9.17) is 4.74 Å². The molecule has 0 radical (unpaired) electrons. The first-order chi connectivity index (χ1) is 22.7. The summed E-state index contributed by atoms with van der Waals surface area (Å²) in [6.07, 6.45) is -4.48. The fourth-order valence-corrected chi connectivity index (χ4v) is 8.36. The normalized spacial score (nSPS) is 14.9. The molecule has 5 rings (SSSR count). The van der Waals surface area contributed by atoms with Crippen molar-refractivity contribution in [1.82, 2.24) is 8.61 Å². The van der Waals surface area contributed by atoms with Gasteiger partial charge < -0.3 is 9.64 Å². The maximum Gasteiger partial charge on any atom is 0.416 e. The molecule has 1 heterocycles. The molecule has 48 heavy (non-hydrogen) atoms. The Morgan fingerprint density at radius 2 is 1.29 bits per heavy atom. The number of alkyl halides is 3. The van der Waals surface area contributed by atoms with E-state index in [-0.39, 0.29) is 49.1 Å². The van der Waals surface area contributed by atoms with E-state index in [1.165, 1.54) is 38.9 Å². The molecule has 0 aromatic heterocycles. The number of hydrogen-bond donors (Lipinski definition) is 0. The van der Waals surface area contributed by atoms with Gasteiger partial charge in [0.2, 0.25) is 20.0 Å². The number of methoxy groups -OCH3 is 1. The van der Waals surface area contributed by atoms with E-state index >= 15 is 0 Å². The Labute approximate surface area is 280 Å². The standard InChI is InChI=1S/C35H38F3N3O5S2/c1-26(2)29-11-7-27(8-12-29)24-41(25-28-9-13-32(46-3)14-10-28)48(44,45)34-17-15-33(16-18-34)47(42,43)40-21-19-39(20-22-40)31-6-4-5-30(23-31)35(36,37)38/h4-18,23,26H,19-22,24-25H2,1-3H3. The van der Waals surface area contributed by atoms with Gasteiger partial charge in [0, 0.05) is 45.0 Å². The van der Waals surface area contributed by atoms with Crippen LogP contribution in [0.4, 0.5) is 18.9 Å². The zero-order valence-electron chi connectivity index (χ0n) is 26.9. The lowest BCUT2D eigenvalue weighted by atomic mass is 10.0. The van der Waals surface area contributed by atoms with Crippen LogP contribution in [0.25, 0.3) is 0 Å². The molecule has 0 aliphatic carbocycles. The molecular weight excluding hydrogens is 664 g/mol. The van der Waals surface area contributed by atoms with Crippen molar-refractivity contribution in [2.75, 3.05) is 38.2 Å². The topological polar surface area (TPSA) is 87.2 Å². The van der Waals surface area contributed by atoms with Crippen molar-refractivity contribution in [2.24, 2.45) is 0 Å². The lowest BCUT2D eigenvalue weighted by Gasteiger charge is -2.35. The number of benzene rings is 4. The SMILES string of the molecule is COc1ccc(CN(Cc2ccc(C(C)C)cc2)S(=O)(=O)c2ccc(S(=O)(=O)N3CCN(c4cccc(C(F)(F)F)c4)CC3)cc2)cc1. The summed E-state index contributed by atoms with van der Waals surface area (Å²) in [5.41, 5.74) is 2.29. The van der Waals surface area contributed by atoms with E-state index in [0.29, 0.717) is 17.4 Å². The van der Waals surface area contributed by atoms with Crippen molar-refractivity contribution < 1.29 is 34.7 Å². The van der Waals surface area contributed by atoms with Crippen molar-refractivity contribution >= 4 is 25.7 Å². The number of ether oxygens (including phenoxy) is 1. The van der Waals surface area contributed by atoms with Crippen LogP contribution in [0.1, 0.15) is 42.0 Å². The molecule has 13 heteroatoms. The molecule has 1 saturated heterocycles. The molecule has 0 N–H and O–H groups in total. The fourth-order valence-electron chi connectivity index (χ4n) is 5.52. The lowest BCUT2D eigenvalue weighted by Crippen LogP contribution is -2.48. The Bertz CT molecular complexity index is 1910. The summed E-state index contributed by atoms with van der Waals surface area (Å²) in [6.45, 7) is 4.86. The molecular formula is C35H38F3N3O5S2. The highest BCUT2D eigenvalue weighted by Gasteiger charge is 2.33. The quantitative estimate of drug-likeness (QED) is 0.172. The van der Waals surface area contributed by atoms with Gasteiger partial charge in [0.05, 0.1) is 22.5 Å². The van der Waals surface area contributed by atoms with E-state index in [1.54, 1.807) is 42.3 Å². The maximum atomic E-state index is 14.0. The fraction of sp³-hybridized carbons (Fsp3) is 0.314.